The van der Waals surface area contributed by atoms with Crippen molar-refractivity contribution in [2.24, 2.45) is 5.92 Å². The van der Waals surface area contributed by atoms with Crippen LogP contribution in [-0.4, -0.2) is 48.8 Å². The van der Waals surface area contributed by atoms with E-state index in [1.54, 1.807) is 31.0 Å². The molecule has 1 aliphatic rings. The number of rotatable bonds is 7. The van der Waals surface area contributed by atoms with Crippen molar-refractivity contribution in [1.29, 1.82) is 0 Å². The molecular weight excluding hydrogens is 462 g/mol. The molecule has 3 aromatic rings. The Kier molecular flexibility index (Phi) is 7.52. The fraction of sp³-hybridized carbons (Fsp3) is 0.333. The quantitative estimate of drug-likeness (QED) is 0.483. The number of hydrogen-bond donors (Lipinski definition) is 0. The Bertz CT molecular complexity index is 1300. The van der Waals surface area contributed by atoms with Crippen LogP contribution in [-0.2, 0) is 21.4 Å². The van der Waals surface area contributed by atoms with Crippen LogP contribution in [0.25, 0.3) is 12.2 Å². The maximum Gasteiger partial charge on any atom is 0.248 e. The topological polar surface area (TPSA) is 83.7 Å². The third-order valence-electron chi connectivity index (χ3n) is 6.31. The summed E-state index contributed by atoms with van der Waals surface area (Å²) in [5.41, 5.74) is 3.42. The van der Waals surface area contributed by atoms with Gasteiger partial charge in [0.2, 0.25) is 15.9 Å². The van der Waals surface area contributed by atoms with E-state index in [1.807, 2.05) is 61.5 Å². The van der Waals surface area contributed by atoms with E-state index in [2.05, 4.69) is 5.16 Å². The number of aryl methyl sites for hydroxylation is 2. The van der Waals surface area contributed by atoms with Gasteiger partial charge in [-0.05, 0) is 43.9 Å². The molecule has 0 saturated carbocycles. The number of hydrogen-bond acceptors (Lipinski definition) is 5. The first-order chi connectivity index (χ1) is 16.8. The number of piperidine rings is 1. The molecule has 1 atom stereocenters. The second-order valence-electron chi connectivity index (χ2n) is 9.09. The van der Waals surface area contributed by atoms with E-state index < -0.39 is 10.0 Å². The van der Waals surface area contributed by atoms with Crippen molar-refractivity contribution in [3.05, 3.63) is 82.7 Å². The van der Waals surface area contributed by atoms with Crippen molar-refractivity contribution in [2.45, 2.75) is 38.1 Å². The van der Waals surface area contributed by atoms with Crippen molar-refractivity contribution in [3.8, 4) is 0 Å². The number of nitrogens with zero attached hydrogens (tertiary/aromatic N) is 3. The van der Waals surface area contributed by atoms with Crippen LogP contribution in [0.4, 0.5) is 0 Å². The van der Waals surface area contributed by atoms with E-state index in [1.165, 1.54) is 4.31 Å². The van der Waals surface area contributed by atoms with E-state index >= 15 is 0 Å². The van der Waals surface area contributed by atoms with Gasteiger partial charge in [0, 0.05) is 26.7 Å². The van der Waals surface area contributed by atoms with Gasteiger partial charge in [-0.3, -0.25) is 4.79 Å². The highest BCUT2D eigenvalue weighted by Crippen LogP contribution is 2.30. The van der Waals surface area contributed by atoms with Gasteiger partial charge in [0.05, 0.1) is 5.92 Å². The molecule has 1 aliphatic heterocycles. The number of amides is 1. The van der Waals surface area contributed by atoms with E-state index in [0.29, 0.717) is 31.6 Å². The molecule has 0 bridgehead atoms. The summed E-state index contributed by atoms with van der Waals surface area (Å²) in [5.74, 6) is -0.244. The van der Waals surface area contributed by atoms with Gasteiger partial charge in [0.25, 0.3) is 0 Å². The first-order valence-electron chi connectivity index (χ1n) is 11.8. The summed E-state index contributed by atoms with van der Waals surface area (Å²) in [6.07, 6.45) is 4.72. The molecule has 2 heterocycles. The minimum atomic E-state index is -3.89. The molecule has 0 radical (unpaired) electrons. The van der Waals surface area contributed by atoms with Gasteiger partial charge in [0.1, 0.15) is 5.69 Å². The third kappa shape index (κ3) is 5.71. The summed E-state index contributed by atoms with van der Waals surface area (Å²) in [4.78, 5) is 14.9. The molecule has 4 rings (SSSR count). The van der Waals surface area contributed by atoms with Crippen LogP contribution in [0.15, 0.2) is 64.0 Å². The van der Waals surface area contributed by atoms with Crippen LogP contribution in [0.5, 0.6) is 0 Å². The Morgan fingerprint density at radius 1 is 1.11 bits per heavy atom. The predicted molar refractivity (Wildman–Crippen MR) is 136 cm³/mol. The lowest BCUT2D eigenvalue weighted by molar-refractivity contribution is -0.135. The molecule has 35 heavy (non-hydrogen) atoms. The number of aromatic nitrogens is 1. The Morgan fingerprint density at radius 3 is 2.54 bits per heavy atom. The summed E-state index contributed by atoms with van der Waals surface area (Å²) in [5, 5.41) is 3.93. The Labute approximate surface area is 207 Å². The summed E-state index contributed by atoms with van der Waals surface area (Å²) < 4.78 is 34.1. The van der Waals surface area contributed by atoms with Crippen LogP contribution >= 0.6 is 0 Å². The van der Waals surface area contributed by atoms with Gasteiger partial charge in [-0.25, -0.2) is 8.42 Å². The lowest BCUT2D eigenvalue weighted by Crippen LogP contribution is -2.45. The number of carbonyl (C=O) groups excluding carboxylic acids is 1. The molecule has 1 aromatic heterocycles. The van der Waals surface area contributed by atoms with Gasteiger partial charge in [-0.15, -0.1) is 0 Å². The van der Waals surface area contributed by atoms with Crippen molar-refractivity contribution in [1.82, 2.24) is 14.4 Å². The molecule has 0 unspecified atom stereocenters. The standard InChI is InChI=1S/C27H31N3O4S/c1-20-11-13-22(14-12-20)15-16-25-26(21(2)28-34-25)35(32,33)30-17-7-10-24(19-30)27(31)29(3)18-23-8-5-4-6-9-23/h4-6,8-9,11-16,24H,7,10,17-19H2,1-3H3/b16-15+/t24-/m1/s1. The SMILES string of the molecule is Cc1ccc(/C=C/c2onc(C)c2S(=O)(=O)N2CCC[C@@H](C(=O)N(C)Cc3ccccc3)C2)cc1. The Morgan fingerprint density at radius 2 is 1.83 bits per heavy atom. The zero-order valence-corrected chi connectivity index (χ0v) is 21.2. The molecular formula is C27H31N3O4S. The lowest BCUT2D eigenvalue weighted by atomic mass is 9.98. The molecule has 184 valence electrons. The number of benzene rings is 2. The van der Waals surface area contributed by atoms with E-state index in [9.17, 15) is 13.2 Å². The number of carbonyl (C=O) groups is 1. The van der Waals surface area contributed by atoms with Crippen LogP contribution in [0.2, 0.25) is 0 Å². The average Bonchev–Trinajstić information content (AvgIpc) is 3.25. The minimum absolute atomic E-state index is 0.0460. The van der Waals surface area contributed by atoms with Gasteiger partial charge in [-0.2, -0.15) is 4.31 Å². The first kappa shape index (κ1) is 24.9. The predicted octanol–water partition coefficient (Wildman–Crippen LogP) is 4.52. The monoisotopic (exact) mass is 493 g/mol. The smallest absolute Gasteiger partial charge is 0.248 e. The van der Waals surface area contributed by atoms with Crippen LogP contribution in [0.1, 0.15) is 41.0 Å². The zero-order valence-electron chi connectivity index (χ0n) is 20.3. The van der Waals surface area contributed by atoms with Crippen molar-refractivity contribution in [3.63, 3.8) is 0 Å². The molecule has 1 fully saturated rings. The third-order valence-corrected chi connectivity index (χ3v) is 8.33. The Hall–Kier alpha value is -3.23. The minimum Gasteiger partial charge on any atom is -0.355 e. The second-order valence-corrected chi connectivity index (χ2v) is 11.0. The lowest BCUT2D eigenvalue weighted by Gasteiger charge is -2.33. The molecule has 8 heteroatoms. The van der Waals surface area contributed by atoms with E-state index in [4.69, 9.17) is 4.52 Å². The highest BCUT2D eigenvalue weighted by Gasteiger charge is 2.37. The van der Waals surface area contributed by atoms with Crippen molar-refractivity contribution < 1.29 is 17.7 Å². The molecule has 1 amide bonds. The zero-order chi connectivity index (χ0) is 25.0. The molecule has 2 aromatic carbocycles. The fourth-order valence-corrected chi connectivity index (χ4v) is 6.16. The molecule has 0 spiro atoms. The van der Waals surface area contributed by atoms with Crippen molar-refractivity contribution >= 4 is 28.1 Å². The first-order valence-corrected chi connectivity index (χ1v) is 13.2. The summed E-state index contributed by atoms with van der Waals surface area (Å²) in [7, 11) is -2.12. The van der Waals surface area contributed by atoms with Gasteiger partial charge in [-0.1, -0.05) is 71.4 Å². The van der Waals surface area contributed by atoms with Crippen LogP contribution in [0, 0.1) is 19.8 Å². The second kappa shape index (κ2) is 10.6. The largest absolute Gasteiger partial charge is 0.355 e. The summed E-state index contributed by atoms with van der Waals surface area (Å²) >= 11 is 0. The molecule has 1 saturated heterocycles. The van der Waals surface area contributed by atoms with Gasteiger partial charge in [0.15, 0.2) is 10.7 Å². The Balaban J connectivity index is 1.51. The van der Waals surface area contributed by atoms with E-state index in [0.717, 1.165) is 16.7 Å². The van der Waals surface area contributed by atoms with Gasteiger partial charge >= 0.3 is 0 Å². The van der Waals surface area contributed by atoms with Crippen LogP contribution < -0.4 is 0 Å². The maximum atomic E-state index is 13.6. The van der Waals surface area contributed by atoms with Crippen LogP contribution in [0.3, 0.4) is 0 Å². The molecule has 0 N–H and O–H groups in total. The summed E-state index contributed by atoms with van der Waals surface area (Å²) in [6.45, 7) is 4.63. The molecule has 0 aliphatic carbocycles. The average molecular weight is 494 g/mol. The fourth-order valence-electron chi connectivity index (χ4n) is 4.39. The highest BCUT2D eigenvalue weighted by atomic mass is 32.2. The van der Waals surface area contributed by atoms with Gasteiger partial charge < -0.3 is 9.42 Å². The van der Waals surface area contributed by atoms with E-state index in [-0.39, 0.29) is 29.0 Å². The van der Waals surface area contributed by atoms with Crippen molar-refractivity contribution in [2.75, 3.05) is 20.1 Å². The summed E-state index contributed by atoms with van der Waals surface area (Å²) in [6, 6.07) is 17.6. The maximum absolute atomic E-state index is 13.6. The highest BCUT2D eigenvalue weighted by molar-refractivity contribution is 7.89. The number of sulfonamides is 1. The molecule has 7 nitrogen and oxygen atoms in total. The normalized spacial score (nSPS) is 17.1.